The lowest BCUT2D eigenvalue weighted by atomic mass is 10.1. The topological polar surface area (TPSA) is 55.9 Å². The van der Waals surface area contributed by atoms with Crippen molar-refractivity contribution in [3.05, 3.63) is 54.8 Å². The molecule has 3 rings (SSSR count). The minimum absolute atomic E-state index is 0.748. The number of hydrogen-bond donors (Lipinski definition) is 1. The Hall–Kier alpha value is -2.56. The Kier molecular flexibility index (Phi) is 3.02. The summed E-state index contributed by atoms with van der Waals surface area (Å²) in [6.45, 7) is 0.748. The molecule has 0 aliphatic heterocycles. The fraction of sp³-hybridized carbons (Fsp3) is 0.143. The van der Waals surface area contributed by atoms with Crippen molar-refractivity contribution in [2.75, 3.05) is 5.32 Å². The molecular weight excluding hydrogens is 240 g/mol. The molecule has 5 nitrogen and oxygen atoms in total. The zero-order valence-corrected chi connectivity index (χ0v) is 10.6. The number of aryl methyl sites for hydroxylation is 1. The highest BCUT2D eigenvalue weighted by molar-refractivity contribution is 5.60. The minimum Gasteiger partial charge on any atom is -0.444 e. The minimum atomic E-state index is 0.748. The molecule has 0 atom stereocenters. The Balaban J connectivity index is 1.68. The van der Waals surface area contributed by atoms with E-state index in [4.69, 9.17) is 4.42 Å². The lowest BCUT2D eigenvalue weighted by Crippen LogP contribution is -2.05. The molecule has 96 valence electrons. The summed E-state index contributed by atoms with van der Waals surface area (Å²) in [6, 6.07) is 10.1. The molecule has 0 spiro atoms. The normalized spacial score (nSPS) is 10.6. The average Bonchev–Trinajstić information content (AvgIpc) is 3.09. The molecule has 1 N–H and O–H groups in total. The molecule has 0 saturated carbocycles. The quantitative estimate of drug-likeness (QED) is 0.777. The van der Waals surface area contributed by atoms with E-state index in [2.05, 4.69) is 15.4 Å². The van der Waals surface area contributed by atoms with Crippen LogP contribution in [0, 0.1) is 0 Å². The lowest BCUT2D eigenvalue weighted by Gasteiger charge is -2.07. The Morgan fingerprint density at radius 3 is 2.68 bits per heavy atom. The van der Waals surface area contributed by atoms with Crippen LogP contribution in [0.4, 0.5) is 5.69 Å². The number of aromatic nitrogens is 3. The first-order chi connectivity index (χ1) is 9.33. The van der Waals surface area contributed by atoms with Gasteiger partial charge in [-0.25, -0.2) is 4.98 Å². The molecule has 0 aliphatic carbocycles. The van der Waals surface area contributed by atoms with Crippen molar-refractivity contribution in [1.29, 1.82) is 0 Å². The maximum absolute atomic E-state index is 5.25. The second kappa shape index (κ2) is 4.97. The Morgan fingerprint density at radius 1 is 1.21 bits per heavy atom. The maximum atomic E-state index is 5.25. The molecule has 3 aromatic rings. The second-order valence-electron chi connectivity index (χ2n) is 4.24. The van der Waals surface area contributed by atoms with Crippen LogP contribution in [-0.4, -0.2) is 14.8 Å². The van der Waals surface area contributed by atoms with Crippen LogP contribution in [0.1, 0.15) is 5.69 Å². The van der Waals surface area contributed by atoms with Crippen LogP contribution in [0.3, 0.4) is 0 Å². The van der Waals surface area contributed by atoms with Gasteiger partial charge in [0, 0.05) is 24.5 Å². The summed E-state index contributed by atoms with van der Waals surface area (Å²) in [5, 5.41) is 7.49. The summed E-state index contributed by atoms with van der Waals surface area (Å²) in [7, 11) is 1.93. The molecule has 19 heavy (non-hydrogen) atoms. The molecule has 5 heteroatoms. The smallest absolute Gasteiger partial charge is 0.181 e. The van der Waals surface area contributed by atoms with Crippen molar-refractivity contribution in [1.82, 2.24) is 14.8 Å². The van der Waals surface area contributed by atoms with Crippen molar-refractivity contribution in [3.63, 3.8) is 0 Å². The first-order valence-corrected chi connectivity index (χ1v) is 6.02. The van der Waals surface area contributed by atoms with Crippen LogP contribution in [0.25, 0.3) is 11.3 Å². The SMILES string of the molecule is Cn1nccc1CNc1ccc(-c2cnco2)cc1. The van der Waals surface area contributed by atoms with Crippen LogP contribution in [0.2, 0.25) is 0 Å². The van der Waals surface area contributed by atoms with Crippen LogP contribution in [0.5, 0.6) is 0 Å². The monoisotopic (exact) mass is 254 g/mol. The summed E-state index contributed by atoms with van der Waals surface area (Å²) in [4.78, 5) is 3.91. The summed E-state index contributed by atoms with van der Waals surface area (Å²) in [5.74, 6) is 0.776. The summed E-state index contributed by atoms with van der Waals surface area (Å²) < 4.78 is 7.11. The number of anilines is 1. The molecule has 0 amide bonds. The van der Waals surface area contributed by atoms with Crippen molar-refractivity contribution in [2.24, 2.45) is 7.05 Å². The van der Waals surface area contributed by atoms with Crippen LogP contribution in [-0.2, 0) is 13.6 Å². The fourth-order valence-corrected chi connectivity index (χ4v) is 1.88. The Morgan fingerprint density at radius 2 is 2.05 bits per heavy atom. The highest BCUT2D eigenvalue weighted by atomic mass is 16.3. The van der Waals surface area contributed by atoms with Gasteiger partial charge in [0.2, 0.25) is 0 Å². The summed E-state index contributed by atoms with van der Waals surface area (Å²) in [5.41, 5.74) is 3.22. The molecule has 0 aliphatic rings. The Labute approximate surface area is 110 Å². The van der Waals surface area contributed by atoms with Crippen molar-refractivity contribution >= 4 is 5.69 Å². The van der Waals surface area contributed by atoms with E-state index in [0.29, 0.717) is 0 Å². The van der Waals surface area contributed by atoms with E-state index < -0.39 is 0 Å². The van der Waals surface area contributed by atoms with E-state index in [0.717, 1.165) is 29.2 Å². The van der Waals surface area contributed by atoms with Gasteiger partial charge in [-0.15, -0.1) is 0 Å². The van der Waals surface area contributed by atoms with Gasteiger partial charge in [-0.3, -0.25) is 4.68 Å². The third-order valence-electron chi connectivity index (χ3n) is 3.00. The van der Waals surface area contributed by atoms with Gasteiger partial charge in [0.05, 0.1) is 18.4 Å². The second-order valence-corrected chi connectivity index (χ2v) is 4.24. The van der Waals surface area contributed by atoms with Gasteiger partial charge in [0.25, 0.3) is 0 Å². The number of rotatable bonds is 4. The van der Waals surface area contributed by atoms with Gasteiger partial charge < -0.3 is 9.73 Å². The standard InChI is InChI=1S/C14H14N4O/c1-18-13(6-7-17-18)8-16-12-4-2-11(3-5-12)14-9-15-10-19-14/h2-7,9-10,16H,8H2,1H3. The largest absolute Gasteiger partial charge is 0.444 e. The zero-order valence-electron chi connectivity index (χ0n) is 10.6. The molecule has 0 fully saturated rings. The first-order valence-electron chi connectivity index (χ1n) is 6.02. The van der Waals surface area contributed by atoms with Gasteiger partial charge >= 0.3 is 0 Å². The highest BCUT2D eigenvalue weighted by Gasteiger charge is 2.02. The number of oxazole rings is 1. The molecule has 2 heterocycles. The molecular formula is C14H14N4O. The molecule has 1 aromatic carbocycles. The third kappa shape index (κ3) is 2.49. The number of benzene rings is 1. The van der Waals surface area contributed by atoms with E-state index in [9.17, 15) is 0 Å². The molecule has 2 aromatic heterocycles. The molecule has 0 bridgehead atoms. The van der Waals surface area contributed by atoms with E-state index in [1.165, 1.54) is 6.39 Å². The average molecular weight is 254 g/mol. The predicted molar refractivity (Wildman–Crippen MR) is 72.5 cm³/mol. The first kappa shape index (κ1) is 11.5. The van der Waals surface area contributed by atoms with Gasteiger partial charge in [0.15, 0.2) is 12.2 Å². The third-order valence-corrected chi connectivity index (χ3v) is 3.00. The van der Waals surface area contributed by atoms with Crippen LogP contribution >= 0.6 is 0 Å². The van der Waals surface area contributed by atoms with Crippen LogP contribution in [0.15, 0.2) is 53.5 Å². The van der Waals surface area contributed by atoms with Gasteiger partial charge in [-0.2, -0.15) is 5.10 Å². The lowest BCUT2D eigenvalue weighted by molar-refractivity contribution is 0.572. The van der Waals surface area contributed by atoms with Gasteiger partial charge in [0.1, 0.15) is 0 Å². The van der Waals surface area contributed by atoms with Gasteiger partial charge in [-0.05, 0) is 30.3 Å². The fourth-order valence-electron chi connectivity index (χ4n) is 1.88. The summed E-state index contributed by atoms with van der Waals surface area (Å²) >= 11 is 0. The van der Waals surface area contributed by atoms with Crippen molar-refractivity contribution in [3.8, 4) is 11.3 Å². The summed E-state index contributed by atoms with van der Waals surface area (Å²) in [6.07, 6.45) is 4.94. The van der Waals surface area contributed by atoms with Gasteiger partial charge in [-0.1, -0.05) is 0 Å². The van der Waals surface area contributed by atoms with Crippen LogP contribution < -0.4 is 5.32 Å². The predicted octanol–water partition coefficient (Wildman–Crippen LogP) is 2.69. The number of nitrogens with one attached hydrogen (secondary N) is 1. The molecule has 0 saturated heterocycles. The van der Waals surface area contributed by atoms with E-state index in [-0.39, 0.29) is 0 Å². The molecule has 0 radical (unpaired) electrons. The maximum Gasteiger partial charge on any atom is 0.181 e. The molecule has 0 unspecified atom stereocenters. The number of nitrogens with zero attached hydrogens (tertiary/aromatic N) is 3. The zero-order chi connectivity index (χ0) is 13.1. The highest BCUT2D eigenvalue weighted by Crippen LogP contribution is 2.20. The van der Waals surface area contributed by atoms with Crippen molar-refractivity contribution in [2.45, 2.75) is 6.54 Å². The van der Waals surface area contributed by atoms with E-state index >= 15 is 0 Å². The van der Waals surface area contributed by atoms with E-state index in [1.807, 2.05) is 42.1 Å². The number of hydrogen-bond acceptors (Lipinski definition) is 4. The Bertz CT molecular complexity index is 640. The van der Waals surface area contributed by atoms with Crippen molar-refractivity contribution < 1.29 is 4.42 Å². The van der Waals surface area contributed by atoms with E-state index in [1.54, 1.807) is 12.4 Å².